The maximum absolute atomic E-state index is 14.7. The highest BCUT2D eigenvalue weighted by atomic mass is 19.1. The molecule has 0 saturated heterocycles. The van der Waals surface area contributed by atoms with E-state index < -0.39 is 0 Å². The molecule has 3 aromatic rings. The van der Waals surface area contributed by atoms with Crippen LogP contribution in [0.3, 0.4) is 0 Å². The second kappa shape index (κ2) is 7.67. The van der Waals surface area contributed by atoms with Gasteiger partial charge in [-0.2, -0.15) is 10.2 Å². The van der Waals surface area contributed by atoms with Gasteiger partial charge in [0.05, 0.1) is 25.4 Å². The second-order valence-corrected chi connectivity index (χ2v) is 7.30. The van der Waals surface area contributed by atoms with E-state index in [1.165, 1.54) is 6.07 Å². The van der Waals surface area contributed by atoms with E-state index in [-0.39, 0.29) is 18.5 Å². The minimum absolute atomic E-state index is 0.0423. The fraction of sp³-hybridized carbons (Fsp3) is 0.350. The molecule has 0 saturated carbocycles. The van der Waals surface area contributed by atoms with Crippen molar-refractivity contribution in [2.75, 3.05) is 18.5 Å². The second-order valence-electron chi connectivity index (χ2n) is 7.30. The summed E-state index contributed by atoms with van der Waals surface area (Å²) in [5.41, 5.74) is 3.61. The van der Waals surface area contributed by atoms with E-state index in [4.69, 9.17) is 0 Å². The lowest BCUT2D eigenvalue weighted by atomic mass is 10.1. The van der Waals surface area contributed by atoms with Crippen molar-refractivity contribution in [3.05, 3.63) is 47.7 Å². The number of aromatic nitrogens is 4. The van der Waals surface area contributed by atoms with Gasteiger partial charge in [0.2, 0.25) is 6.41 Å². The molecular formula is C20H23FN6O2. The number of hydrogen-bond donors (Lipinski definition) is 2. The van der Waals surface area contributed by atoms with Crippen LogP contribution in [-0.2, 0) is 24.8 Å². The maximum Gasteiger partial charge on any atom is 0.210 e. The van der Waals surface area contributed by atoms with E-state index in [0.29, 0.717) is 42.1 Å². The van der Waals surface area contributed by atoms with Crippen LogP contribution in [0.1, 0.15) is 24.2 Å². The molecule has 152 valence electrons. The number of fused-ring (bicyclic) bond motifs is 1. The van der Waals surface area contributed by atoms with E-state index in [1.54, 1.807) is 45.8 Å². The lowest BCUT2D eigenvalue weighted by molar-refractivity contribution is -0.118. The molecule has 0 aliphatic carbocycles. The van der Waals surface area contributed by atoms with Crippen LogP contribution in [-0.4, -0.2) is 49.1 Å². The molecule has 1 amide bonds. The molecule has 0 fully saturated rings. The van der Waals surface area contributed by atoms with E-state index in [0.717, 1.165) is 17.7 Å². The molecule has 3 heterocycles. The zero-order valence-corrected chi connectivity index (χ0v) is 16.3. The van der Waals surface area contributed by atoms with E-state index in [2.05, 4.69) is 15.5 Å². The van der Waals surface area contributed by atoms with Gasteiger partial charge in [-0.25, -0.2) is 4.39 Å². The number of hydrogen-bond acceptors (Lipinski definition) is 5. The van der Waals surface area contributed by atoms with Gasteiger partial charge < -0.3 is 15.3 Å². The standard InChI is InChI=1S/C20H23FN6O2/c1-13(11-28)27-19-5-6-26(12-29)10-17(19)20(24-27)23-15-3-4-16(18(21)7-15)14-8-22-25(2)9-14/h3-4,7-9,12-13,28H,5-6,10-11H2,1-2H3,(H,23,24). The molecule has 9 heteroatoms. The molecule has 1 atom stereocenters. The molecule has 29 heavy (non-hydrogen) atoms. The molecule has 0 spiro atoms. The van der Waals surface area contributed by atoms with Crippen molar-refractivity contribution >= 4 is 17.9 Å². The number of aliphatic hydroxyl groups excluding tert-OH is 1. The lowest BCUT2D eigenvalue weighted by Gasteiger charge is -2.25. The monoisotopic (exact) mass is 398 g/mol. The molecule has 1 unspecified atom stereocenters. The summed E-state index contributed by atoms with van der Waals surface area (Å²) >= 11 is 0. The van der Waals surface area contributed by atoms with E-state index >= 15 is 0 Å². The van der Waals surface area contributed by atoms with Crippen molar-refractivity contribution in [1.82, 2.24) is 24.5 Å². The van der Waals surface area contributed by atoms with Crippen molar-refractivity contribution in [2.45, 2.75) is 25.9 Å². The number of rotatable bonds is 6. The quantitative estimate of drug-likeness (QED) is 0.622. The molecular weight excluding hydrogens is 375 g/mol. The minimum atomic E-state index is -0.366. The summed E-state index contributed by atoms with van der Waals surface area (Å²) in [6, 6.07) is 4.72. The Morgan fingerprint density at radius 3 is 2.90 bits per heavy atom. The number of benzene rings is 1. The van der Waals surface area contributed by atoms with Crippen molar-refractivity contribution in [3.63, 3.8) is 0 Å². The number of nitrogens with one attached hydrogen (secondary N) is 1. The smallest absolute Gasteiger partial charge is 0.210 e. The van der Waals surface area contributed by atoms with Gasteiger partial charge in [0.15, 0.2) is 5.82 Å². The first-order valence-electron chi connectivity index (χ1n) is 9.46. The first-order chi connectivity index (χ1) is 14.0. The average Bonchev–Trinajstić information content (AvgIpc) is 3.31. The summed E-state index contributed by atoms with van der Waals surface area (Å²) in [6.45, 7) is 2.87. The number of aliphatic hydroxyl groups is 1. The Kier molecular flexibility index (Phi) is 5.06. The number of halogens is 1. The third kappa shape index (κ3) is 3.61. The predicted octanol–water partition coefficient (Wildman–Crippen LogP) is 2.23. The Labute approximate surface area is 167 Å². The van der Waals surface area contributed by atoms with E-state index in [1.807, 2.05) is 6.92 Å². The fourth-order valence-electron chi connectivity index (χ4n) is 3.62. The van der Waals surface area contributed by atoms with Crippen LogP contribution in [0.15, 0.2) is 30.6 Å². The highest BCUT2D eigenvalue weighted by Gasteiger charge is 2.26. The van der Waals surface area contributed by atoms with Gasteiger partial charge in [-0.05, 0) is 25.1 Å². The van der Waals surface area contributed by atoms with Crippen LogP contribution in [0.5, 0.6) is 0 Å². The van der Waals surface area contributed by atoms with Crippen LogP contribution in [0, 0.1) is 5.82 Å². The summed E-state index contributed by atoms with van der Waals surface area (Å²) < 4.78 is 18.1. The predicted molar refractivity (Wildman–Crippen MR) is 106 cm³/mol. The fourth-order valence-corrected chi connectivity index (χ4v) is 3.62. The number of carbonyl (C=O) groups excluding carboxylic acids is 1. The van der Waals surface area contributed by atoms with Gasteiger partial charge in [-0.15, -0.1) is 0 Å². The number of aryl methyl sites for hydroxylation is 1. The Bertz CT molecular complexity index is 1040. The van der Waals surface area contributed by atoms with Crippen LogP contribution in [0.25, 0.3) is 11.1 Å². The zero-order chi connectivity index (χ0) is 20.5. The number of anilines is 2. The minimum Gasteiger partial charge on any atom is -0.394 e. The van der Waals surface area contributed by atoms with Gasteiger partial charge in [0.25, 0.3) is 0 Å². The van der Waals surface area contributed by atoms with Crippen LogP contribution in [0.2, 0.25) is 0 Å². The van der Waals surface area contributed by atoms with Gasteiger partial charge in [-0.1, -0.05) is 0 Å². The highest BCUT2D eigenvalue weighted by molar-refractivity contribution is 5.69. The highest BCUT2D eigenvalue weighted by Crippen LogP contribution is 2.31. The lowest BCUT2D eigenvalue weighted by Crippen LogP contribution is -2.30. The average molecular weight is 398 g/mol. The third-order valence-corrected chi connectivity index (χ3v) is 5.19. The zero-order valence-electron chi connectivity index (χ0n) is 16.3. The SMILES string of the molecule is CC(CO)n1nc(Nc2ccc(-c3cnn(C)c3)c(F)c2)c2c1CCN(C=O)C2. The molecule has 0 bridgehead atoms. The topological polar surface area (TPSA) is 88.2 Å². The molecule has 2 N–H and O–H groups in total. The van der Waals surface area contributed by atoms with Crippen LogP contribution < -0.4 is 5.32 Å². The van der Waals surface area contributed by atoms with Crippen molar-refractivity contribution in [3.8, 4) is 11.1 Å². The summed E-state index contributed by atoms with van der Waals surface area (Å²) in [7, 11) is 1.78. The molecule has 4 rings (SSSR count). The maximum atomic E-state index is 14.7. The molecule has 1 aliphatic rings. The van der Waals surface area contributed by atoms with Crippen molar-refractivity contribution in [2.24, 2.45) is 7.05 Å². The summed E-state index contributed by atoms with van der Waals surface area (Å²) in [4.78, 5) is 12.9. The molecule has 2 aromatic heterocycles. The van der Waals surface area contributed by atoms with Crippen LogP contribution >= 0.6 is 0 Å². The van der Waals surface area contributed by atoms with Gasteiger partial charge in [-0.3, -0.25) is 14.2 Å². The Balaban J connectivity index is 1.66. The Hall–Kier alpha value is -3.20. The van der Waals surface area contributed by atoms with Gasteiger partial charge in [0.1, 0.15) is 5.82 Å². The summed E-state index contributed by atoms with van der Waals surface area (Å²) in [5, 5.41) is 21.4. The number of amides is 1. The van der Waals surface area contributed by atoms with Gasteiger partial charge in [0, 0.05) is 54.3 Å². The van der Waals surface area contributed by atoms with E-state index in [9.17, 15) is 14.3 Å². The number of nitrogens with zero attached hydrogens (tertiary/aromatic N) is 5. The van der Waals surface area contributed by atoms with Crippen molar-refractivity contribution in [1.29, 1.82) is 0 Å². The molecule has 0 radical (unpaired) electrons. The Morgan fingerprint density at radius 2 is 2.24 bits per heavy atom. The largest absolute Gasteiger partial charge is 0.394 e. The van der Waals surface area contributed by atoms with Crippen molar-refractivity contribution < 1.29 is 14.3 Å². The third-order valence-electron chi connectivity index (χ3n) is 5.19. The molecule has 1 aliphatic heterocycles. The first kappa shape index (κ1) is 19.1. The number of carbonyl (C=O) groups is 1. The summed E-state index contributed by atoms with van der Waals surface area (Å²) in [6.07, 6.45) is 4.85. The normalized spacial score (nSPS) is 14.6. The van der Waals surface area contributed by atoms with Gasteiger partial charge >= 0.3 is 0 Å². The molecule has 8 nitrogen and oxygen atoms in total. The first-order valence-corrected chi connectivity index (χ1v) is 9.46. The molecule has 1 aromatic carbocycles. The van der Waals surface area contributed by atoms with Crippen LogP contribution in [0.4, 0.5) is 15.9 Å². The Morgan fingerprint density at radius 1 is 1.41 bits per heavy atom. The summed E-state index contributed by atoms with van der Waals surface area (Å²) in [5.74, 6) is 0.204.